The van der Waals surface area contributed by atoms with Crippen molar-refractivity contribution in [1.82, 2.24) is 4.98 Å². The summed E-state index contributed by atoms with van der Waals surface area (Å²) in [7, 11) is 1.64. The number of nitrogen functional groups attached to an aromatic ring is 1. The van der Waals surface area contributed by atoms with E-state index in [2.05, 4.69) is 10.3 Å². The molecule has 5 heteroatoms. The number of anilines is 2. The molecular formula is C10H18ClN3O. The van der Waals surface area contributed by atoms with Crippen LogP contribution in [-0.2, 0) is 4.74 Å². The van der Waals surface area contributed by atoms with Crippen LogP contribution in [0.1, 0.15) is 13.8 Å². The van der Waals surface area contributed by atoms with Crippen LogP contribution >= 0.6 is 11.6 Å². The first kappa shape index (κ1) is 14.0. The molecule has 0 bridgehead atoms. The topological polar surface area (TPSA) is 60.2 Å². The van der Waals surface area contributed by atoms with Gasteiger partial charge in [0.25, 0.3) is 0 Å². The Morgan fingerprint density at radius 1 is 1.47 bits per heavy atom. The van der Waals surface area contributed by atoms with E-state index in [0.717, 1.165) is 0 Å². The van der Waals surface area contributed by atoms with Gasteiger partial charge in [-0.3, -0.25) is 0 Å². The molecule has 0 spiro atoms. The lowest BCUT2D eigenvalue weighted by molar-refractivity contribution is 0.210. The van der Waals surface area contributed by atoms with Gasteiger partial charge in [-0.2, -0.15) is 0 Å². The first-order valence-corrected chi connectivity index (χ1v) is 5.26. The van der Waals surface area contributed by atoms with E-state index in [1.54, 1.807) is 19.2 Å². The highest BCUT2D eigenvalue weighted by Gasteiger charge is 1.99. The van der Waals surface area contributed by atoms with Crippen molar-refractivity contribution in [3.05, 3.63) is 17.3 Å². The van der Waals surface area contributed by atoms with Crippen molar-refractivity contribution < 1.29 is 4.74 Å². The second-order valence-electron chi connectivity index (χ2n) is 2.49. The van der Waals surface area contributed by atoms with Crippen molar-refractivity contribution in [3.8, 4) is 0 Å². The van der Waals surface area contributed by atoms with Crippen LogP contribution in [0.5, 0.6) is 0 Å². The van der Waals surface area contributed by atoms with Crippen LogP contribution in [0.2, 0.25) is 5.15 Å². The van der Waals surface area contributed by atoms with Gasteiger partial charge in [-0.05, 0) is 12.1 Å². The molecule has 0 atom stereocenters. The fourth-order valence-electron chi connectivity index (χ4n) is 0.859. The summed E-state index contributed by atoms with van der Waals surface area (Å²) in [5.74, 6) is 0.601. The summed E-state index contributed by atoms with van der Waals surface area (Å²) < 4.78 is 4.87. The first-order chi connectivity index (χ1) is 7.24. The van der Waals surface area contributed by atoms with E-state index in [1.807, 2.05) is 13.8 Å². The Labute approximate surface area is 95.8 Å². The molecule has 0 aromatic carbocycles. The van der Waals surface area contributed by atoms with Gasteiger partial charge in [0.1, 0.15) is 5.15 Å². The molecule has 0 amide bonds. The summed E-state index contributed by atoms with van der Waals surface area (Å²) in [4.78, 5) is 4.02. The maximum Gasteiger partial charge on any atom is 0.151 e. The summed E-state index contributed by atoms with van der Waals surface area (Å²) in [5, 5.41) is 3.43. The molecule has 15 heavy (non-hydrogen) atoms. The molecule has 0 radical (unpaired) electrons. The molecule has 0 fully saturated rings. The van der Waals surface area contributed by atoms with Crippen molar-refractivity contribution in [3.63, 3.8) is 0 Å². The van der Waals surface area contributed by atoms with E-state index >= 15 is 0 Å². The Bertz CT molecular complexity index is 281. The van der Waals surface area contributed by atoms with E-state index in [1.165, 1.54) is 0 Å². The summed E-state index contributed by atoms with van der Waals surface area (Å²) >= 11 is 5.69. The maximum absolute atomic E-state index is 5.69. The van der Waals surface area contributed by atoms with E-state index in [9.17, 15) is 0 Å². The van der Waals surface area contributed by atoms with Crippen molar-refractivity contribution >= 4 is 23.1 Å². The molecule has 86 valence electrons. The lowest BCUT2D eigenvalue weighted by Crippen LogP contribution is -2.10. The average Bonchev–Trinajstić information content (AvgIpc) is 2.26. The Balaban J connectivity index is 0.000000921. The fourth-order valence-corrected chi connectivity index (χ4v) is 1.01. The molecule has 0 unspecified atom stereocenters. The minimum atomic E-state index is 0.425. The van der Waals surface area contributed by atoms with Gasteiger partial charge in [0, 0.05) is 13.7 Å². The zero-order chi connectivity index (χ0) is 11.7. The van der Waals surface area contributed by atoms with Gasteiger partial charge in [-0.15, -0.1) is 0 Å². The highest BCUT2D eigenvalue weighted by molar-refractivity contribution is 6.29. The summed E-state index contributed by atoms with van der Waals surface area (Å²) in [6.45, 7) is 5.27. The molecule has 0 aliphatic rings. The molecule has 0 saturated heterocycles. The molecule has 1 aromatic heterocycles. The molecular weight excluding hydrogens is 214 g/mol. The third-order valence-corrected chi connectivity index (χ3v) is 1.70. The molecule has 1 aromatic rings. The van der Waals surface area contributed by atoms with Gasteiger partial charge in [0.2, 0.25) is 0 Å². The molecule has 3 N–H and O–H groups in total. The minimum absolute atomic E-state index is 0.425. The molecule has 1 heterocycles. The first-order valence-electron chi connectivity index (χ1n) is 4.89. The van der Waals surface area contributed by atoms with Crippen LogP contribution in [0.3, 0.4) is 0 Å². The van der Waals surface area contributed by atoms with Gasteiger partial charge in [-0.25, -0.2) is 4.98 Å². The lowest BCUT2D eigenvalue weighted by atomic mass is 10.4. The zero-order valence-electron chi connectivity index (χ0n) is 9.38. The molecule has 4 nitrogen and oxygen atoms in total. The number of nitrogens with zero attached hydrogens (tertiary/aromatic N) is 1. The van der Waals surface area contributed by atoms with Gasteiger partial charge in [-0.1, -0.05) is 25.4 Å². The van der Waals surface area contributed by atoms with Gasteiger partial charge in [0.05, 0.1) is 12.3 Å². The molecule has 0 aliphatic carbocycles. The third kappa shape index (κ3) is 5.44. The lowest BCUT2D eigenvalue weighted by Gasteiger charge is -2.07. The Hall–Kier alpha value is -1.00. The molecule has 0 aliphatic heterocycles. The number of methoxy groups -OCH3 is 1. The fraction of sp³-hybridized carbons (Fsp3) is 0.500. The number of hydrogen-bond donors (Lipinski definition) is 2. The zero-order valence-corrected chi connectivity index (χ0v) is 10.1. The van der Waals surface area contributed by atoms with Crippen molar-refractivity contribution in [2.24, 2.45) is 0 Å². The number of ether oxygens (including phenoxy) is 1. The minimum Gasteiger partial charge on any atom is -0.396 e. The normalized spacial score (nSPS) is 9.07. The van der Waals surface area contributed by atoms with Crippen molar-refractivity contribution in [2.45, 2.75) is 13.8 Å². The number of pyridine rings is 1. The smallest absolute Gasteiger partial charge is 0.151 e. The highest BCUT2D eigenvalue weighted by atomic mass is 35.5. The van der Waals surface area contributed by atoms with Crippen LogP contribution in [0.25, 0.3) is 0 Å². The summed E-state index contributed by atoms with van der Waals surface area (Å²) in [6.07, 6.45) is 0. The van der Waals surface area contributed by atoms with Crippen molar-refractivity contribution in [1.29, 1.82) is 0 Å². The summed E-state index contributed by atoms with van der Waals surface area (Å²) in [5.41, 5.74) is 6.23. The predicted octanol–water partition coefficient (Wildman–Crippen LogP) is 2.40. The number of nitrogens with one attached hydrogen (secondary N) is 1. The largest absolute Gasteiger partial charge is 0.396 e. The standard InChI is InChI=1S/C8H12ClN3O.C2H6/c1-13-5-4-11-8-6(10)2-3-7(9)12-8;1-2/h2-3H,4-5,10H2,1H3,(H,11,12);1-2H3. The van der Waals surface area contributed by atoms with E-state index in [4.69, 9.17) is 22.1 Å². The molecule has 1 rings (SSSR count). The third-order valence-electron chi connectivity index (χ3n) is 1.49. The maximum atomic E-state index is 5.69. The van der Waals surface area contributed by atoms with Gasteiger partial charge < -0.3 is 15.8 Å². The quantitative estimate of drug-likeness (QED) is 0.617. The van der Waals surface area contributed by atoms with E-state index in [0.29, 0.717) is 29.8 Å². The molecule has 0 saturated carbocycles. The number of nitrogens with two attached hydrogens (primary N) is 1. The van der Waals surface area contributed by atoms with Crippen LogP contribution in [-0.4, -0.2) is 25.2 Å². The Kier molecular flexibility index (Phi) is 7.77. The Morgan fingerprint density at radius 3 is 2.73 bits per heavy atom. The van der Waals surface area contributed by atoms with E-state index in [-0.39, 0.29) is 0 Å². The van der Waals surface area contributed by atoms with Crippen LogP contribution in [0.15, 0.2) is 12.1 Å². The monoisotopic (exact) mass is 231 g/mol. The van der Waals surface area contributed by atoms with Crippen LogP contribution < -0.4 is 11.1 Å². The van der Waals surface area contributed by atoms with E-state index < -0.39 is 0 Å². The second-order valence-corrected chi connectivity index (χ2v) is 2.88. The summed E-state index contributed by atoms with van der Waals surface area (Å²) in [6, 6.07) is 3.36. The van der Waals surface area contributed by atoms with Crippen LogP contribution in [0.4, 0.5) is 11.5 Å². The second kappa shape index (κ2) is 8.32. The van der Waals surface area contributed by atoms with Crippen molar-refractivity contribution in [2.75, 3.05) is 31.3 Å². The number of rotatable bonds is 4. The van der Waals surface area contributed by atoms with Gasteiger partial charge >= 0.3 is 0 Å². The number of halogens is 1. The highest BCUT2D eigenvalue weighted by Crippen LogP contribution is 2.17. The predicted molar refractivity (Wildman–Crippen MR) is 65.4 cm³/mol. The Morgan fingerprint density at radius 2 is 2.13 bits per heavy atom. The SMILES string of the molecule is CC.COCCNc1nc(Cl)ccc1N. The van der Waals surface area contributed by atoms with Gasteiger partial charge in [0.15, 0.2) is 5.82 Å². The number of hydrogen-bond acceptors (Lipinski definition) is 4. The average molecular weight is 232 g/mol. The number of aromatic nitrogens is 1. The van der Waals surface area contributed by atoms with Crippen LogP contribution in [0, 0.1) is 0 Å².